The lowest BCUT2D eigenvalue weighted by molar-refractivity contribution is 0.496. The molecule has 1 nitrogen and oxygen atoms in total. The first kappa shape index (κ1) is 16.0. The second-order valence-electron chi connectivity index (χ2n) is 4.70. The molecule has 0 amide bonds. The van der Waals surface area contributed by atoms with Gasteiger partial charge < -0.3 is 5.32 Å². The van der Waals surface area contributed by atoms with Gasteiger partial charge in [-0.2, -0.15) is 0 Å². The van der Waals surface area contributed by atoms with Gasteiger partial charge in [0.25, 0.3) is 0 Å². The number of rotatable bonds is 5. The molecule has 1 N–H and O–H groups in total. The first-order valence-electron chi connectivity index (χ1n) is 6.64. The fourth-order valence-corrected chi connectivity index (χ4v) is 2.64. The molecule has 0 aliphatic heterocycles. The van der Waals surface area contributed by atoms with Crippen molar-refractivity contribution in [2.75, 3.05) is 6.54 Å². The third-order valence-corrected chi connectivity index (χ3v) is 4.14. The Morgan fingerprint density at radius 1 is 1.05 bits per heavy atom. The summed E-state index contributed by atoms with van der Waals surface area (Å²) in [6, 6.07) is 8.40. The van der Waals surface area contributed by atoms with Gasteiger partial charge >= 0.3 is 0 Å². The van der Waals surface area contributed by atoms with Gasteiger partial charge in [0.1, 0.15) is 5.82 Å². The molecule has 5 heteroatoms. The third-order valence-electron chi connectivity index (χ3n) is 3.25. The molecular formula is C16H15BrF3N. The lowest BCUT2D eigenvalue weighted by Gasteiger charge is -2.19. The molecule has 0 saturated carbocycles. The molecule has 0 heterocycles. The highest BCUT2D eigenvalue weighted by Crippen LogP contribution is 2.26. The van der Waals surface area contributed by atoms with Crippen molar-refractivity contribution < 1.29 is 13.2 Å². The van der Waals surface area contributed by atoms with Crippen LogP contribution >= 0.6 is 15.9 Å². The van der Waals surface area contributed by atoms with Crippen LogP contribution in [0.2, 0.25) is 0 Å². The molecule has 2 aromatic rings. The fraction of sp³-hybridized carbons (Fsp3) is 0.250. The van der Waals surface area contributed by atoms with E-state index in [4.69, 9.17) is 0 Å². The van der Waals surface area contributed by atoms with Crippen LogP contribution in [-0.2, 0) is 6.42 Å². The minimum atomic E-state index is -0.881. The Morgan fingerprint density at radius 2 is 1.81 bits per heavy atom. The van der Waals surface area contributed by atoms with E-state index in [1.54, 1.807) is 18.2 Å². The number of hydrogen-bond donors (Lipinski definition) is 1. The highest BCUT2D eigenvalue weighted by Gasteiger charge is 2.16. The Morgan fingerprint density at radius 3 is 2.48 bits per heavy atom. The van der Waals surface area contributed by atoms with E-state index in [0.717, 1.165) is 11.6 Å². The molecule has 112 valence electrons. The fourth-order valence-electron chi connectivity index (χ4n) is 2.21. The van der Waals surface area contributed by atoms with E-state index in [0.29, 0.717) is 23.0 Å². The topological polar surface area (TPSA) is 12.0 Å². The second-order valence-corrected chi connectivity index (χ2v) is 5.49. The molecule has 0 bridgehead atoms. The molecule has 0 aliphatic carbocycles. The van der Waals surface area contributed by atoms with E-state index in [9.17, 15) is 13.2 Å². The third kappa shape index (κ3) is 3.86. The monoisotopic (exact) mass is 357 g/mol. The van der Waals surface area contributed by atoms with Crippen molar-refractivity contribution in [2.45, 2.75) is 19.4 Å². The number of nitrogens with one attached hydrogen (secondary N) is 1. The largest absolute Gasteiger partial charge is 0.310 e. The summed E-state index contributed by atoms with van der Waals surface area (Å²) < 4.78 is 40.4. The van der Waals surface area contributed by atoms with E-state index in [1.807, 2.05) is 6.92 Å². The van der Waals surface area contributed by atoms with Crippen LogP contribution in [-0.4, -0.2) is 6.54 Å². The van der Waals surface area contributed by atoms with Gasteiger partial charge in [-0.3, -0.25) is 0 Å². The van der Waals surface area contributed by atoms with Crippen LogP contribution in [0.1, 0.15) is 24.1 Å². The van der Waals surface area contributed by atoms with Gasteiger partial charge in [-0.05, 0) is 58.2 Å². The van der Waals surface area contributed by atoms with Gasteiger partial charge in [-0.25, -0.2) is 13.2 Å². The SMILES string of the molecule is CCNC(Cc1cccc(F)c1Br)c1ccc(F)c(F)c1. The van der Waals surface area contributed by atoms with Crippen LogP contribution in [0.15, 0.2) is 40.9 Å². The zero-order chi connectivity index (χ0) is 15.4. The molecule has 0 spiro atoms. The summed E-state index contributed by atoms with van der Waals surface area (Å²) in [5, 5.41) is 3.21. The minimum Gasteiger partial charge on any atom is -0.310 e. The second kappa shape index (κ2) is 7.09. The zero-order valence-corrected chi connectivity index (χ0v) is 13.1. The lowest BCUT2D eigenvalue weighted by Crippen LogP contribution is -2.23. The molecule has 0 saturated heterocycles. The highest BCUT2D eigenvalue weighted by atomic mass is 79.9. The van der Waals surface area contributed by atoms with Gasteiger partial charge in [-0.15, -0.1) is 0 Å². The van der Waals surface area contributed by atoms with Crippen molar-refractivity contribution >= 4 is 15.9 Å². The molecule has 0 fully saturated rings. The minimum absolute atomic E-state index is 0.219. The smallest absolute Gasteiger partial charge is 0.159 e. The summed E-state index contributed by atoms with van der Waals surface area (Å²) >= 11 is 3.22. The van der Waals surface area contributed by atoms with Crippen LogP contribution in [0.4, 0.5) is 13.2 Å². The molecule has 0 aliphatic rings. The Kier molecular flexibility index (Phi) is 5.42. The summed E-state index contributed by atoms with van der Waals surface area (Å²) in [5.74, 6) is -2.09. The summed E-state index contributed by atoms with van der Waals surface area (Å²) in [5.41, 5.74) is 1.40. The maximum absolute atomic E-state index is 13.6. The number of likely N-dealkylation sites (N-methyl/N-ethyl adjacent to an activating group) is 1. The van der Waals surface area contributed by atoms with Crippen molar-refractivity contribution in [3.63, 3.8) is 0 Å². The summed E-state index contributed by atoms with van der Waals surface area (Å²) in [7, 11) is 0. The van der Waals surface area contributed by atoms with E-state index in [2.05, 4.69) is 21.2 Å². The van der Waals surface area contributed by atoms with Crippen molar-refractivity contribution in [3.05, 3.63) is 69.4 Å². The number of hydrogen-bond acceptors (Lipinski definition) is 1. The quantitative estimate of drug-likeness (QED) is 0.813. The molecular weight excluding hydrogens is 343 g/mol. The average molecular weight is 358 g/mol. The summed E-state index contributed by atoms with van der Waals surface area (Å²) in [6.45, 7) is 2.59. The van der Waals surface area contributed by atoms with Crippen LogP contribution < -0.4 is 5.32 Å². The zero-order valence-electron chi connectivity index (χ0n) is 11.5. The van der Waals surface area contributed by atoms with Gasteiger partial charge in [0.2, 0.25) is 0 Å². The Balaban J connectivity index is 2.30. The molecule has 21 heavy (non-hydrogen) atoms. The van der Waals surface area contributed by atoms with Gasteiger partial charge in [0.05, 0.1) is 4.47 Å². The molecule has 2 rings (SSSR count). The van der Waals surface area contributed by atoms with Gasteiger partial charge in [0.15, 0.2) is 11.6 Å². The maximum Gasteiger partial charge on any atom is 0.159 e. The van der Waals surface area contributed by atoms with Crippen LogP contribution in [0, 0.1) is 17.5 Å². The van der Waals surface area contributed by atoms with Crippen molar-refractivity contribution in [2.24, 2.45) is 0 Å². The van der Waals surface area contributed by atoms with Gasteiger partial charge in [0, 0.05) is 6.04 Å². The Hall–Kier alpha value is -1.33. The predicted molar refractivity (Wildman–Crippen MR) is 80.6 cm³/mol. The maximum atomic E-state index is 13.6. The summed E-state index contributed by atoms with van der Waals surface area (Å²) in [6.07, 6.45) is 0.469. The molecule has 0 radical (unpaired) electrons. The van der Waals surface area contributed by atoms with E-state index >= 15 is 0 Å². The predicted octanol–water partition coefficient (Wildman–Crippen LogP) is 4.76. The van der Waals surface area contributed by atoms with E-state index < -0.39 is 11.6 Å². The standard InChI is InChI=1S/C16H15BrF3N/c1-2-21-15(10-6-7-12(18)14(20)8-10)9-11-4-3-5-13(19)16(11)17/h3-8,15,21H,2,9H2,1H3. The normalized spacial score (nSPS) is 12.4. The highest BCUT2D eigenvalue weighted by molar-refractivity contribution is 9.10. The Labute approximate surface area is 130 Å². The first-order valence-corrected chi connectivity index (χ1v) is 7.43. The van der Waals surface area contributed by atoms with Crippen molar-refractivity contribution in [1.82, 2.24) is 5.32 Å². The summed E-state index contributed by atoms with van der Waals surface area (Å²) in [4.78, 5) is 0. The first-order chi connectivity index (χ1) is 10.0. The number of halogens is 4. The molecule has 1 atom stereocenters. The molecule has 2 aromatic carbocycles. The van der Waals surface area contributed by atoms with Crippen molar-refractivity contribution in [1.29, 1.82) is 0 Å². The molecule has 0 aromatic heterocycles. The Bertz CT molecular complexity index is 631. The van der Waals surface area contributed by atoms with Crippen LogP contribution in [0.25, 0.3) is 0 Å². The lowest BCUT2D eigenvalue weighted by atomic mass is 9.98. The number of benzene rings is 2. The van der Waals surface area contributed by atoms with E-state index in [1.165, 1.54) is 12.1 Å². The average Bonchev–Trinajstić information content (AvgIpc) is 2.46. The van der Waals surface area contributed by atoms with Crippen LogP contribution in [0.3, 0.4) is 0 Å². The van der Waals surface area contributed by atoms with Crippen LogP contribution in [0.5, 0.6) is 0 Å². The molecule has 1 unspecified atom stereocenters. The van der Waals surface area contributed by atoms with E-state index in [-0.39, 0.29) is 11.9 Å². The van der Waals surface area contributed by atoms with Crippen molar-refractivity contribution in [3.8, 4) is 0 Å². The van der Waals surface area contributed by atoms with Gasteiger partial charge in [-0.1, -0.05) is 25.1 Å².